The molecule has 6 heteroatoms. The Hall–Kier alpha value is -1.78. The van der Waals surface area contributed by atoms with Crippen molar-refractivity contribution in [1.29, 1.82) is 0 Å². The number of aromatic nitrogens is 1. The summed E-state index contributed by atoms with van der Waals surface area (Å²) in [7, 11) is 3.67. The predicted octanol–water partition coefficient (Wildman–Crippen LogP) is 4.02. The van der Waals surface area contributed by atoms with Crippen molar-refractivity contribution in [1.82, 2.24) is 4.98 Å². The summed E-state index contributed by atoms with van der Waals surface area (Å²) in [4.78, 5) is 18.3. The Morgan fingerprint density at radius 3 is 2.57 bits per heavy atom. The zero-order valence-corrected chi connectivity index (χ0v) is 13.5. The first-order valence-corrected chi connectivity index (χ1v) is 7.05. The summed E-state index contributed by atoms with van der Waals surface area (Å²) < 4.78 is 0. The van der Waals surface area contributed by atoms with Gasteiger partial charge in [0, 0.05) is 30.4 Å². The maximum Gasteiger partial charge on any atom is 0.255 e. The molecule has 0 aliphatic heterocycles. The number of hydrogen-bond acceptors (Lipinski definition) is 3. The van der Waals surface area contributed by atoms with Crippen LogP contribution in [0.2, 0.25) is 10.2 Å². The number of anilines is 2. The van der Waals surface area contributed by atoms with E-state index in [-0.39, 0.29) is 11.1 Å². The second-order valence-corrected chi connectivity index (χ2v) is 5.67. The third-order valence-corrected chi connectivity index (χ3v) is 3.38. The number of amides is 1. The van der Waals surface area contributed by atoms with Crippen LogP contribution < -0.4 is 10.2 Å². The Kier molecular flexibility index (Phi) is 4.70. The monoisotopic (exact) mass is 323 g/mol. The maximum absolute atomic E-state index is 12.3. The number of pyridine rings is 1. The van der Waals surface area contributed by atoms with E-state index in [0.29, 0.717) is 22.1 Å². The number of nitrogens with one attached hydrogen (secondary N) is 1. The molecule has 0 fully saturated rings. The summed E-state index contributed by atoms with van der Waals surface area (Å²) in [5.74, 6) is 0.364. The molecule has 4 nitrogen and oxygen atoms in total. The average Bonchev–Trinajstić information content (AvgIpc) is 2.42. The van der Waals surface area contributed by atoms with Gasteiger partial charge in [-0.05, 0) is 36.8 Å². The molecule has 0 unspecified atom stereocenters. The normalized spacial score (nSPS) is 10.3. The van der Waals surface area contributed by atoms with Crippen LogP contribution in [0.1, 0.15) is 15.9 Å². The van der Waals surface area contributed by atoms with Crippen LogP contribution >= 0.6 is 23.2 Å². The topological polar surface area (TPSA) is 45.2 Å². The average molecular weight is 324 g/mol. The van der Waals surface area contributed by atoms with Gasteiger partial charge >= 0.3 is 0 Å². The van der Waals surface area contributed by atoms with Gasteiger partial charge in [0.1, 0.15) is 11.0 Å². The van der Waals surface area contributed by atoms with E-state index in [4.69, 9.17) is 23.2 Å². The second kappa shape index (κ2) is 6.33. The van der Waals surface area contributed by atoms with Gasteiger partial charge in [0.25, 0.3) is 5.91 Å². The van der Waals surface area contributed by atoms with E-state index >= 15 is 0 Å². The zero-order chi connectivity index (χ0) is 15.6. The number of carbonyl (C=O) groups excluding carboxylic acids is 1. The maximum atomic E-state index is 12.3. The minimum atomic E-state index is -0.257. The fourth-order valence-corrected chi connectivity index (χ4v) is 2.14. The Labute approximate surface area is 133 Å². The van der Waals surface area contributed by atoms with Crippen LogP contribution in [-0.2, 0) is 0 Å². The van der Waals surface area contributed by atoms with Crippen molar-refractivity contribution in [3.05, 3.63) is 51.6 Å². The highest BCUT2D eigenvalue weighted by atomic mass is 35.5. The van der Waals surface area contributed by atoms with Crippen molar-refractivity contribution in [3.63, 3.8) is 0 Å². The molecule has 0 atom stereocenters. The van der Waals surface area contributed by atoms with Crippen molar-refractivity contribution >= 4 is 40.6 Å². The van der Waals surface area contributed by atoms with Crippen LogP contribution in [0.4, 0.5) is 11.5 Å². The van der Waals surface area contributed by atoms with Gasteiger partial charge in [0.05, 0.1) is 0 Å². The molecule has 2 rings (SSSR count). The molecule has 1 aromatic heterocycles. The van der Waals surface area contributed by atoms with Crippen LogP contribution in [0.5, 0.6) is 0 Å². The molecule has 2 aromatic rings. The molecule has 1 aromatic carbocycles. The largest absolute Gasteiger partial charge is 0.363 e. The molecule has 1 N–H and O–H groups in total. The number of halogens is 2. The minimum absolute atomic E-state index is 0.257. The van der Waals surface area contributed by atoms with E-state index < -0.39 is 0 Å². The highest BCUT2D eigenvalue weighted by Crippen LogP contribution is 2.22. The molecule has 110 valence electrons. The Balaban J connectivity index is 2.30. The quantitative estimate of drug-likeness (QED) is 0.868. The van der Waals surface area contributed by atoms with Crippen molar-refractivity contribution < 1.29 is 4.79 Å². The standard InChI is InChI=1S/C15H15Cl2N3O/c1-9-4-5-11(16)8-12(9)18-15(21)10-6-13(17)19-14(7-10)20(2)3/h4-8H,1-3H3,(H,18,21). The summed E-state index contributed by atoms with van der Waals surface area (Å²) in [5.41, 5.74) is 2.05. The zero-order valence-electron chi connectivity index (χ0n) is 11.9. The molecule has 0 saturated carbocycles. The lowest BCUT2D eigenvalue weighted by molar-refractivity contribution is 0.102. The summed E-state index contributed by atoms with van der Waals surface area (Å²) >= 11 is 11.9. The lowest BCUT2D eigenvalue weighted by atomic mass is 10.2. The van der Waals surface area contributed by atoms with Crippen LogP contribution in [-0.4, -0.2) is 25.0 Å². The molecule has 1 amide bonds. The summed E-state index contributed by atoms with van der Waals surface area (Å²) in [6, 6.07) is 8.55. The molecule has 0 spiro atoms. The Bertz CT molecular complexity index is 687. The summed E-state index contributed by atoms with van der Waals surface area (Å²) in [5, 5.41) is 3.67. The number of carbonyl (C=O) groups is 1. The molecule has 0 radical (unpaired) electrons. The van der Waals surface area contributed by atoms with Crippen molar-refractivity contribution in [2.24, 2.45) is 0 Å². The van der Waals surface area contributed by atoms with E-state index in [0.717, 1.165) is 5.56 Å². The molecule has 1 heterocycles. The van der Waals surface area contributed by atoms with Gasteiger partial charge in [-0.15, -0.1) is 0 Å². The molecular formula is C15H15Cl2N3O. The van der Waals surface area contributed by atoms with Gasteiger partial charge in [-0.1, -0.05) is 29.3 Å². The van der Waals surface area contributed by atoms with Crippen molar-refractivity contribution in [3.8, 4) is 0 Å². The van der Waals surface area contributed by atoms with Crippen LogP contribution in [0, 0.1) is 6.92 Å². The minimum Gasteiger partial charge on any atom is -0.363 e. The smallest absolute Gasteiger partial charge is 0.255 e. The fraction of sp³-hybridized carbons (Fsp3) is 0.200. The molecular weight excluding hydrogens is 309 g/mol. The van der Waals surface area contributed by atoms with E-state index in [1.807, 2.05) is 27.1 Å². The first-order valence-electron chi connectivity index (χ1n) is 6.29. The second-order valence-electron chi connectivity index (χ2n) is 4.84. The number of benzene rings is 1. The summed E-state index contributed by atoms with van der Waals surface area (Å²) in [6.07, 6.45) is 0. The van der Waals surface area contributed by atoms with Crippen LogP contribution in [0.3, 0.4) is 0 Å². The van der Waals surface area contributed by atoms with Crippen molar-refractivity contribution in [2.75, 3.05) is 24.3 Å². The number of rotatable bonds is 3. The predicted molar refractivity (Wildman–Crippen MR) is 87.7 cm³/mol. The number of nitrogens with zero attached hydrogens (tertiary/aromatic N) is 2. The lowest BCUT2D eigenvalue weighted by Gasteiger charge is -2.14. The molecule has 0 aliphatic carbocycles. The van der Waals surface area contributed by atoms with E-state index in [1.54, 1.807) is 23.1 Å². The van der Waals surface area contributed by atoms with E-state index in [2.05, 4.69) is 10.3 Å². The third kappa shape index (κ3) is 3.86. The van der Waals surface area contributed by atoms with Gasteiger partial charge in [0.2, 0.25) is 0 Å². The Morgan fingerprint density at radius 2 is 1.90 bits per heavy atom. The molecule has 21 heavy (non-hydrogen) atoms. The van der Waals surface area contributed by atoms with Gasteiger partial charge in [0.15, 0.2) is 0 Å². The number of aryl methyl sites for hydroxylation is 1. The third-order valence-electron chi connectivity index (χ3n) is 2.95. The van der Waals surface area contributed by atoms with Crippen molar-refractivity contribution in [2.45, 2.75) is 6.92 Å². The van der Waals surface area contributed by atoms with Gasteiger partial charge in [-0.25, -0.2) is 4.98 Å². The first-order chi connectivity index (χ1) is 9.86. The highest BCUT2D eigenvalue weighted by Gasteiger charge is 2.12. The van der Waals surface area contributed by atoms with Crippen LogP contribution in [0.25, 0.3) is 0 Å². The fourth-order valence-electron chi connectivity index (χ4n) is 1.77. The van der Waals surface area contributed by atoms with E-state index in [9.17, 15) is 4.79 Å². The number of hydrogen-bond donors (Lipinski definition) is 1. The van der Waals surface area contributed by atoms with Gasteiger partial charge < -0.3 is 10.2 Å². The highest BCUT2D eigenvalue weighted by molar-refractivity contribution is 6.31. The molecule has 0 saturated heterocycles. The Morgan fingerprint density at radius 1 is 1.19 bits per heavy atom. The van der Waals surface area contributed by atoms with Crippen LogP contribution in [0.15, 0.2) is 30.3 Å². The van der Waals surface area contributed by atoms with Gasteiger partial charge in [-0.3, -0.25) is 4.79 Å². The van der Waals surface area contributed by atoms with Gasteiger partial charge in [-0.2, -0.15) is 0 Å². The molecule has 0 aliphatic rings. The summed E-state index contributed by atoms with van der Waals surface area (Å²) in [6.45, 7) is 1.90. The SMILES string of the molecule is Cc1ccc(Cl)cc1NC(=O)c1cc(Cl)nc(N(C)C)c1. The van der Waals surface area contributed by atoms with E-state index in [1.165, 1.54) is 6.07 Å². The molecule has 0 bridgehead atoms. The lowest BCUT2D eigenvalue weighted by Crippen LogP contribution is -2.16. The first kappa shape index (κ1) is 15.6.